The number of urea groups is 1. The Kier molecular flexibility index (Phi) is 5.27. The van der Waals surface area contributed by atoms with E-state index in [1.54, 1.807) is 31.4 Å². The van der Waals surface area contributed by atoms with E-state index in [9.17, 15) is 19.2 Å². The van der Waals surface area contributed by atoms with Gasteiger partial charge in [-0.1, -0.05) is 0 Å². The maximum Gasteiger partial charge on any atom is 0.329 e. The number of anilines is 1. The second kappa shape index (κ2) is 8.11. The molecule has 170 valence electrons. The van der Waals surface area contributed by atoms with E-state index in [4.69, 9.17) is 4.74 Å². The predicted octanol–water partition coefficient (Wildman–Crippen LogP) is 1.37. The Hall–Kier alpha value is -3.10. The summed E-state index contributed by atoms with van der Waals surface area (Å²) in [4.78, 5) is 55.7. The number of methoxy groups -OCH3 is 1. The predicted molar refractivity (Wildman–Crippen MR) is 115 cm³/mol. The molecule has 9 heteroatoms. The lowest BCUT2D eigenvalue weighted by Gasteiger charge is -2.52. The van der Waals surface area contributed by atoms with Gasteiger partial charge in [0.1, 0.15) is 11.8 Å². The average Bonchev–Trinajstić information content (AvgIpc) is 3.07. The van der Waals surface area contributed by atoms with Crippen molar-refractivity contribution in [1.29, 1.82) is 0 Å². The van der Waals surface area contributed by atoms with Gasteiger partial charge in [0.2, 0.25) is 11.8 Å². The number of nitrogens with one attached hydrogen (secondary N) is 1. The van der Waals surface area contributed by atoms with E-state index in [-0.39, 0.29) is 30.2 Å². The summed E-state index contributed by atoms with van der Waals surface area (Å²) in [6, 6.07) is 5.48. The SMILES string of the molecule is COc1ccc(N2C(=O)N[C@@H](CC(=O)N3C[C@H]4C[C@@H](C3)C3CCCC(=O)N3C4)C2=O)cc1. The molecule has 1 N–H and O–H groups in total. The molecule has 4 fully saturated rings. The summed E-state index contributed by atoms with van der Waals surface area (Å²) in [6.45, 7) is 1.93. The number of rotatable bonds is 4. The number of hydrogen-bond donors (Lipinski definition) is 1. The van der Waals surface area contributed by atoms with Gasteiger partial charge in [0, 0.05) is 32.1 Å². The maximum atomic E-state index is 13.1. The smallest absolute Gasteiger partial charge is 0.329 e. The summed E-state index contributed by atoms with van der Waals surface area (Å²) in [6.07, 6.45) is 3.54. The van der Waals surface area contributed by atoms with Crippen molar-refractivity contribution >= 4 is 29.4 Å². The zero-order valence-corrected chi connectivity index (χ0v) is 18.2. The topological polar surface area (TPSA) is 99.3 Å². The van der Waals surface area contributed by atoms with Crippen LogP contribution in [0.5, 0.6) is 5.75 Å². The molecule has 0 aliphatic carbocycles. The molecule has 0 aromatic heterocycles. The standard InChI is InChI=1S/C23H28N4O5/c1-32-17-7-5-16(6-8-17)27-22(30)18(24-23(27)31)10-21(29)25-11-14-9-15(13-25)19-3-2-4-20(28)26(19)12-14/h5-8,14-15,18-19H,2-4,9-13H2,1H3,(H,24,31)/t14-,15+,18+,19?/m1/s1. The molecule has 5 amide bonds. The maximum absolute atomic E-state index is 13.1. The summed E-state index contributed by atoms with van der Waals surface area (Å²) in [5, 5.41) is 2.66. The molecule has 0 radical (unpaired) electrons. The molecule has 1 aromatic rings. The van der Waals surface area contributed by atoms with Gasteiger partial charge in [-0.15, -0.1) is 0 Å². The zero-order valence-electron chi connectivity index (χ0n) is 18.2. The number of amides is 5. The quantitative estimate of drug-likeness (QED) is 0.713. The normalized spacial score (nSPS) is 29.7. The van der Waals surface area contributed by atoms with Gasteiger partial charge in [-0.25, -0.2) is 9.69 Å². The Morgan fingerprint density at radius 3 is 2.66 bits per heavy atom. The molecule has 1 aromatic carbocycles. The van der Waals surface area contributed by atoms with Crippen molar-refractivity contribution in [2.45, 2.75) is 44.2 Å². The monoisotopic (exact) mass is 440 g/mol. The van der Waals surface area contributed by atoms with Gasteiger partial charge < -0.3 is 19.9 Å². The first-order chi connectivity index (χ1) is 15.4. The number of fused-ring (bicyclic) bond motifs is 4. The van der Waals surface area contributed by atoms with Crippen LogP contribution in [0.3, 0.4) is 0 Å². The second-order valence-electron chi connectivity index (χ2n) is 9.24. The first-order valence-electron chi connectivity index (χ1n) is 11.3. The highest BCUT2D eigenvalue weighted by atomic mass is 16.5. The van der Waals surface area contributed by atoms with Gasteiger partial charge in [0.05, 0.1) is 19.2 Å². The lowest BCUT2D eigenvalue weighted by atomic mass is 9.76. The van der Waals surface area contributed by atoms with Crippen LogP contribution in [-0.4, -0.2) is 72.4 Å². The Bertz CT molecular complexity index is 948. The van der Waals surface area contributed by atoms with Crippen molar-refractivity contribution in [3.63, 3.8) is 0 Å². The van der Waals surface area contributed by atoms with Crippen molar-refractivity contribution in [1.82, 2.24) is 15.1 Å². The first-order valence-corrected chi connectivity index (χ1v) is 11.3. The van der Waals surface area contributed by atoms with E-state index in [1.165, 1.54) is 0 Å². The third-order valence-electron chi connectivity index (χ3n) is 7.26. The molecular weight excluding hydrogens is 412 g/mol. The number of benzene rings is 1. The number of carbonyl (C=O) groups is 4. The summed E-state index contributed by atoms with van der Waals surface area (Å²) in [5.74, 6) is 0.899. The minimum atomic E-state index is -0.869. The fourth-order valence-corrected chi connectivity index (χ4v) is 5.76. The summed E-state index contributed by atoms with van der Waals surface area (Å²) >= 11 is 0. The Morgan fingerprint density at radius 1 is 1.12 bits per heavy atom. The molecule has 4 saturated heterocycles. The molecule has 1 unspecified atom stereocenters. The molecule has 0 spiro atoms. The molecule has 2 bridgehead atoms. The fraction of sp³-hybridized carbons (Fsp3) is 0.565. The average molecular weight is 441 g/mol. The molecule has 4 aliphatic rings. The van der Waals surface area contributed by atoms with Crippen LogP contribution in [0, 0.1) is 11.8 Å². The van der Waals surface area contributed by atoms with Crippen molar-refractivity contribution in [3.05, 3.63) is 24.3 Å². The second-order valence-corrected chi connectivity index (χ2v) is 9.24. The Labute approximate surface area is 186 Å². The Balaban J connectivity index is 1.24. The zero-order chi connectivity index (χ0) is 22.4. The minimum absolute atomic E-state index is 0.0516. The molecule has 32 heavy (non-hydrogen) atoms. The van der Waals surface area contributed by atoms with E-state index in [0.29, 0.717) is 43.4 Å². The molecule has 4 aliphatic heterocycles. The van der Waals surface area contributed by atoms with Crippen LogP contribution in [0.15, 0.2) is 24.3 Å². The first kappa shape index (κ1) is 20.8. The highest BCUT2D eigenvalue weighted by Crippen LogP contribution is 2.38. The van der Waals surface area contributed by atoms with Gasteiger partial charge in [-0.3, -0.25) is 14.4 Å². The molecule has 9 nitrogen and oxygen atoms in total. The molecule has 4 atom stereocenters. The summed E-state index contributed by atoms with van der Waals surface area (Å²) in [7, 11) is 1.54. The number of piperidine rings is 3. The Morgan fingerprint density at radius 2 is 1.91 bits per heavy atom. The number of likely N-dealkylation sites (tertiary alicyclic amines) is 1. The van der Waals surface area contributed by atoms with E-state index in [1.807, 2.05) is 9.80 Å². The highest BCUT2D eigenvalue weighted by Gasteiger charge is 2.46. The van der Waals surface area contributed by atoms with Crippen LogP contribution in [-0.2, 0) is 14.4 Å². The highest BCUT2D eigenvalue weighted by molar-refractivity contribution is 6.22. The molecular formula is C23H28N4O5. The van der Waals surface area contributed by atoms with E-state index in [0.717, 1.165) is 24.2 Å². The van der Waals surface area contributed by atoms with E-state index >= 15 is 0 Å². The van der Waals surface area contributed by atoms with Crippen LogP contribution in [0.1, 0.15) is 32.1 Å². The van der Waals surface area contributed by atoms with Crippen LogP contribution < -0.4 is 15.0 Å². The fourth-order valence-electron chi connectivity index (χ4n) is 5.76. The van der Waals surface area contributed by atoms with E-state index in [2.05, 4.69) is 5.32 Å². The molecule has 0 saturated carbocycles. The third kappa shape index (κ3) is 3.59. The summed E-state index contributed by atoms with van der Waals surface area (Å²) in [5.41, 5.74) is 0.442. The molecule has 5 rings (SSSR count). The van der Waals surface area contributed by atoms with Crippen LogP contribution in [0.2, 0.25) is 0 Å². The minimum Gasteiger partial charge on any atom is -0.497 e. The van der Waals surface area contributed by atoms with Gasteiger partial charge in [0.15, 0.2) is 0 Å². The number of carbonyl (C=O) groups excluding carboxylic acids is 4. The largest absolute Gasteiger partial charge is 0.497 e. The van der Waals surface area contributed by atoms with Crippen LogP contribution in [0.4, 0.5) is 10.5 Å². The summed E-state index contributed by atoms with van der Waals surface area (Å²) < 4.78 is 5.12. The van der Waals surface area contributed by atoms with Crippen molar-refractivity contribution < 1.29 is 23.9 Å². The number of nitrogens with zero attached hydrogens (tertiary/aromatic N) is 3. The van der Waals surface area contributed by atoms with Crippen LogP contribution >= 0.6 is 0 Å². The number of hydrogen-bond acceptors (Lipinski definition) is 5. The molecule has 4 heterocycles. The lowest BCUT2D eigenvalue weighted by molar-refractivity contribution is -0.149. The van der Waals surface area contributed by atoms with Crippen LogP contribution in [0.25, 0.3) is 0 Å². The third-order valence-corrected chi connectivity index (χ3v) is 7.26. The van der Waals surface area contributed by atoms with E-state index < -0.39 is 18.0 Å². The van der Waals surface area contributed by atoms with Crippen molar-refractivity contribution in [2.24, 2.45) is 11.8 Å². The van der Waals surface area contributed by atoms with Gasteiger partial charge in [-0.05, 0) is 55.4 Å². The van der Waals surface area contributed by atoms with Gasteiger partial charge >= 0.3 is 6.03 Å². The van der Waals surface area contributed by atoms with Gasteiger partial charge in [-0.2, -0.15) is 0 Å². The van der Waals surface area contributed by atoms with Crippen molar-refractivity contribution in [2.75, 3.05) is 31.6 Å². The lowest BCUT2D eigenvalue weighted by Crippen LogP contribution is -2.61. The van der Waals surface area contributed by atoms with Crippen molar-refractivity contribution in [3.8, 4) is 5.75 Å². The van der Waals surface area contributed by atoms with Gasteiger partial charge in [0.25, 0.3) is 5.91 Å². The number of imide groups is 1. The number of ether oxygens (including phenoxy) is 1.